The van der Waals surface area contributed by atoms with Crippen molar-refractivity contribution >= 4 is 0 Å². The zero-order valence-corrected chi connectivity index (χ0v) is 7.83. The van der Waals surface area contributed by atoms with Gasteiger partial charge in [-0.15, -0.1) is 0 Å². The third kappa shape index (κ3) is 1.68. The van der Waals surface area contributed by atoms with Gasteiger partial charge in [0.25, 0.3) is 0 Å². The van der Waals surface area contributed by atoms with Crippen molar-refractivity contribution in [2.75, 3.05) is 7.05 Å². The molecule has 2 rings (SSSR count). The van der Waals surface area contributed by atoms with Crippen molar-refractivity contribution in [1.29, 1.82) is 0 Å². The number of phenols is 1. The normalized spacial score (nSPS) is 26.8. The van der Waals surface area contributed by atoms with E-state index in [0.29, 0.717) is 17.7 Å². The van der Waals surface area contributed by atoms with Gasteiger partial charge in [-0.25, -0.2) is 0 Å². The average molecular weight is 177 g/mol. The number of benzene rings is 1. The lowest BCUT2D eigenvalue weighted by atomic mass is 9.76. The third-order valence-corrected chi connectivity index (χ3v) is 2.91. The van der Waals surface area contributed by atoms with Crippen LogP contribution in [0.1, 0.15) is 24.3 Å². The zero-order chi connectivity index (χ0) is 9.26. The molecule has 0 unspecified atom stereocenters. The molecular formula is C11H15NO. The van der Waals surface area contributed by atoms with Gasteiger partial charge in [0.2, 0.25) is 0 Å². The summed E-state index contributed by atoms with van der Waals surface area (Å²) in [4.78, 5) is 0. The van der Waals surface area contributed by atoms with E-state index in [1.54, 1.807) is 12.1 Å². The Morgan fingerprint density at radius 1 is 1.23 bits per heavy atom. The van der Waals surface area contributed by atoms with Crippen LogP contribution >= 0.6 is 0 Å². The van der Waals surface area contributed by atoms with Crippen molar-refractivity contribution in [3.8, 4) is 5.75 Å². The van der Waals surface area contributed by atoms with Gasteiger partial charge in [-0.05, 0) is 43.5 Å². The number of hydrogen-bond acceptors (Lipinski definition) is 2. The summed E-state index contributed by atoms with van der Waals surface area (Å²) in [5.41, 5.74) is 1.35. The van der Waals surface area contributed by atoms with Crippen molar-refractivity contribution < 1.29 is 5.11 Å². The molecule has 13 heavy (non-hydrogen) atoms. The summed E-state index contributed by atoms with van der Waals surface area (Å²) in [6.45, 7) is 0. The summed E-state index contributed by atoms with van der Waals surface area (Å²) in [5, 5.41) is 12.4. The van der Waals surface area contributed by atoms with Gasteiger partial charge in [0.1, 0.15) is 5.75 Å². The molecule has 1 aromatic carbocycles. The Labute approximate surface area is 78.6 Å². The first-order chi connectivity index (χ1) is 6.29. The standard InChI is InChI=1S/C11H15NO/c1-12-10-6-9(7-10)8-2-4-11(13)5-3-8/h2-5,9-10,12-13H,6-7H2,1H3. The largest absolute Gasteiger partial charge is 0.508 e. The molecule has 70 valence electrons. The fourth-order valence-electron chi connectivity index (χ4n) is 1.87. The molecule has 0 aliphatic heterocycles. The van der Waals surface area contributed by atoms with E-state index in [0.717, 1.165) is 0 Å². The summed E-state index contributed by atoms with van der Waals surface area (Å²) in [6, 6.07) is 8.26. The Bertz CT molecular complexity index is 275. The highest BCUT2D eigenvalue weighted by atomic mass is 16.3. The Kier molecular flexibility index (Phi) is 2.23. The van der Waals surface area contributed by atoms with E-state index in [9.17, 15) is 0 Å². The monoisotopic (exact) mass is 177 g/mol. The highest BCUT2D eigenvalue weighted by Crippen LogP contribution is 2.36. The maximum Gasteiger partial charge on any atom is 0.115 e. The Hall–Kier alpha value is -1.02. The molecule has 0 amide bonds. The van der Waals surface area contributed by atoms with Crippen LogP contribution in [0.25, 0.3) is 0 Å². The molecule has 1 saturated carbocycles. The second kappa shape index (κ2) is 3.38. The first kappa shape index (κ1) is 8.57. The minimum Gasteiger partial charge on any atom is -0.508 e. The maximum atomic E-state index is 9.11. The van der Waals surface area contributed by atoms with Gasteiger partial charge in [-0.3, -0.25) is 0 Å². The van der Waals surface area contributed by atoms with Crippen LogP contribution in [0.2, 0.25) is 0 Å². The molecule has 1 fully saturated rings. The van der Waals surface area contributed by atoms with E-state index in [-0.39, 0.29) is 0 Å². The molecule has 2 heteroatoms. The summed E-state index contributed by atoms with van der Waals surface area (Å²) >= 11 is 0. The van der Waals surface area contributed by atoms with E-state index < -0.39 is 0 Å². The van der Waals surface area contributed by atoms with Crippen LogP contribution in [0.3, 0.4) is 0 Å². The minimum absolute atomic E-state index is 0.355. The van der Waals surface area contributed by atoms with Crippen LogP contribution < -0.4 is 5.32 Å². The summed E-state index contributed by atoms with van der Waals surface area (Å²) in [7, 11) is 2.01. The molecule has 0 aromatic heterocycles. The molecule has 0 heterocycles. The fraction of sp³-hybridized carbons (Fsp3) is 0.455. The van der Waals surface area contributed by atoms with Crippen molar-refractivity contribution in [3.63, 3.8) is 0 Å². The Morgan fingerprint density at radius 2 is 1.85 bits per heavy atom. The fourth-order valence-corrected chi connectivity index (χ4v) is 1.87. The van der Waals surface area contributed by atoms with Gasteiger partial charge in [0.05, 0.1) is 0 Å². The molecule has 0 saturated heterocycles. The molecule has 0 spiro atoms. The van der Waals surface area contributed by atoms with Crippen molar-refractivity contribution in [3.05, 3.63) is 29.8 Å². The zero-order valence-electron chi connectivity index (χ0n) is 7.83. The molecule has 1 aliphatic rings. The van der Waals surface area contributed by atoms with E-state index >= 15 is 0 Å². The number of phenolic OH excluding ortho intramolecular Hbond substituents is 1. The van der Waals surface area contributed by atoms with Crippen LogP contribution in [-0.2, 0) is 0 Å². The smallest absolute Gasteiger partial charge is 0.115 e. The second-order valence-electron chi connectivity index (χ2n) is 3.75. The first-order valence-corrected chi connectivity index (χ1v) is 4.76. The van der Waals surface area contributed by atoms with E-state index in [2.05, 4.69) is 5.32 Å². The number of rotatable bonds is 2. The predicted octanol–water partition coefficient (Wildman–Crippen LogP) is 1.86. The van der Waals surface area contributed by atoms with Gasteiger partial charge in [-0.2, -0.15) is 0 Å². The van der Waals surface area contributed by atoms with Crippen LogP contribution in [-0.4, -0.2) is 18.2 Å². The summed E-state index contributed by atoms with van der Waals surface area (Å²) in [5.74, 6) is 1.05. The Morgan fingerprint density at radius 3 is 2.38 bits per heavy atom. The number of hydrogen-bond donors (Lipinski definition) is 2. The Balaban J connectivity index is 1.99. The molecular weight excluding hydrogens is 162 g/mol. The lowest BCUT2D eigenvalue weighted by Crippen LogP contribution is -2.37. The van der Waals surface area contributed by atoms with Gasteiger partial charge in [-0.1, -0.05) is 12.1 Å². The molecule has 1 aliphatic carbocycles. The van der Waals surface area contributed by atoms with Gasteiger partial charge < -0.3 is 10.4 Å². The van der Waals surface area contributed by atoms with Crippen LogP contribution in [0.15, 0.2) is 24.3 Å². The third-order valence-electron chi connectivity index (χ3n) is 2.91. The van der Waals surface area contributed by atoms with Crippen molar-refractivity contribution in [2.45, 2.75) is 24.8 Å². The lowest BCUT2D eigenvalue weighted by Gasteiger charge is -2.35. The number of nitrogens with one attached hydrogen (secondary N) is 1. The predicted molar refractivity (Wildman–Crippen MR) is 52.9 cm³/mol. The second-order valence-corrected chi connectivity index (χ2v) is 3.75. The van der Waals surface area contributed by atoms with Gasteiger partial charge in [0, 0.05) is 6.04 Å². The highest BCUT2D eigenvalue weighted by molar-refractivity contribution is 5.29. The van der Waals surface area contributed by atoms with Crippen LogP contribution in [0, 0.1) is 0 Å². The van der Waals surface area contributed by atoms with Gasteiger partial charge >= 0.3 is 0 Å². The quantitative estimate of drug-likeness (QED) is 0.722. The molecule has 1 aromatic rings. The van der Waals surface area contributed by atoms with Crippen molar-refractivity contribution in [2.24, 2.45) is 0 Å². The van der Waals surface area contributed by atoms with E-state index in [1.807, 2.05) is 19.2 Å². The topological polar surface area (TPSA) is 32.3 Å². The van der Waals surface area contributed by atoms with Gasteiger partial charge in [0.15, 0.2) is 0 Å². The lowest BCUT2D eigenvalue weighted by molar-refractivity contribution is 0.307. The number of aromatic hydroxyl groups is 1. The molecule has 0 bridgehead atoms. The van der Waals surface area contributed by atoms with Crippen molar-refractivity contribution in [1.82, 2.24) is 5.32 Å². The molecule has 2 nitrogen and oxygen atoms in total. The minimum atomic E-state index is 0.355. The maximum absolute atomic E-state index is 9.11. The summed E-state index contributed by atoms with van der Waals surface area (Å²) in [6.07, 6.45) is 2.45. The first-order valence-electron chi connectivity index (χ1n) is 4.76. The average Bonchev–Trinajstić information content (AvgIpc) is 2.06. The molecule has 0 radical (unpaired) electrons. The van der Waals surface area contributed by atoms with Crippen LogP contribution in [0.4, 0.5) is 0 Å². The molecule has 2 N–H and O–H groups in total. The van der Waals surface area contributed by atoms with E-state index in [1.165, 1.54) is 18.4 Å². The highest BCUT2D eigenvalue weighted by Gasteiger charge is 2.28. The molecule has 0 atom stereocenters. The van der Waals surface area contributed by atoms with Crippen LogP contribution in [0.5, 0.6) is 5.75 Å². The SMILES string of the molecule is CNC1CC(c2ccc(O)cc2)C1. The van der Waals surface area contributed by atoms with E-state index in [4.69, 9.17) is 5.11 Å². The summed E-state index contributed by atoms with van der Waals surface area (Å²) < 4.78 is 0.